The summed E-state index contributed by atoms with van der Waals surface area (Å²) in [5, 5.41) is 5.14. The summed E-state index contributed by atoms with van der Waals surface area (Å²) in [6.07, 6.45) is 1.78. The first-order chi connectivity index (χ1) is 8.65. The molecule has 2 rings (SSSR count). The van der Waals surface area contributed by atoms with E-state index < -0.39 is 0 Å². The van der Waals surface area contributed by atoms with Crippen molar-refractivity contribution in [1.82, 2.24) is 4.98 Å². The van der Waals surface area contributed by atoms with E-state index >= 15 is 0 Å². The monoisotopic (exact) mass is 262 g/mol. The highest BCUT2D eigenvalue weighted by Gasteiger charge is 2.07. The molecule has 0 aliphatic rings. The van der Waals surface area contributed by atoms with Gasteiger partial charge in [0.2, 0.25) is 0 Å². The van der Waals surface area contributed by atoms with Crippen LogP contribution in [0.25, 0.3) is 0 Å². The van der Waals surface area contributed by atoms with Crippen LogP contribution in [0.1, 0.15) is 24.2 Å². The zero-order chi connectivity index (χ0) is 13.0. The van der Waals surface area contributed by atoms with Crippen molar-refractivity contribution in [3.63, 3.8) is 0 Å². The number of thiazole rings is 1. The predicted octanol–water partition coefficient (Wildman–Crippen LogP) is 3.18. The summed E-state index contributed by atoms with van der Waals surface area (Å²) in [6, 6.07) is 7.05. The number of benzene rings is 1. The van der Waals surface area contributed by atoms with Crippen molar-refractivity contribution >= 4 is 22.4 Å². The Morgan fingerprint density at radius 1 is 1.33 bits per heavy atom. The molecule has 0 atom stereocenters. The van der Waals surface area contributed by atoms with Crippen molar-refractivity contribution in [2.24, 2.45) is 0 Å². The minimum absolute atomic E-state index is 0.125. The normalized spacial score (nSPS) is 10.4. The summed E-state index contributed by atoms with van der Waals surface area (Å²) in [6.45, 7) is 3.92. The first-order valence-electron chi connectivity index (χ1n) is 5.62. The molecule has 5 heteroatoms. The van der Waals surface area contributed by atoms with Gasteiger partial charge < -0.3 is 4.74 Å². The fraction of sp³-hybridized carbons (Fsp3) is 0.231. The van der Waals surface area contributed by atoms with Gasteiger partial charge in [0.1, 0.15) is 5.75 Å². The van der Waals surface area contributed by atoms with Gasteiger partial charge in [-0.1, -0.05) is 0 Å². The second-order valence-electron chi connectivity index (χ2n) is 3.98. The highest BCUT2D eigenvalue weighted by Crippen LogP contribution is 2.16. The molecule has 0 aliphatic heterocycles. The van der Waals surface area contributed by atoms with E-state index in [0.29, 0.717) is 10.7 Å². The van der Waals surface area contributed by atoms with Gasteiger partial charge in [0, 0.05) is 17.1 Å². The number of ether oxygens (including phenoxy) is 1. The van der Waals surface area contributed by atoms with Crippen molar-refractivity contribution in [3.8, 4) is 5.75 Å². The highest BCUT2D eigenvalue weighted by molar-refractivity contribution is 7.13. The van der Waals surface area contributed by atoms with Crippen LogP contribution < -0.4 is 10.1 Å². The van der Waals surface area contributed by atoms with Gasteiger partial charge in [0.05, 0.1) is 6.10 Å². The molecule has 18 heavy (non-hydrogen) atoms. The third-order valence-electron chi connectivity index (χ3n) is 2.14. The van der Waals surface area contributed by atoms with Crippen LogP contribution in [0.4, 0.5) is 5.13 Å². The van der Waals surface area contributed by atoms with E-state index in [9.17, 15) is 4.79 Å². The number of rotatable bonds is 4. The van der Waals surface area contributed by atoms with Crippen LogP contribution >= 0.6 is 11.3 Å². The van der Waals surface area contributed by atoms with Gasteiger partial charge in [-0.3, -0.25) is 10.1 Å². The van der Waals surface area contributed by atoms with E-state index in [-0.39, 0.29) is 12.0 Å². The van der Waals surface area contributed by atoms with Gasteiger partial charge in [0.15, 0.2) is 5.13 Å². The summed E-state index contributed by atoms with van der Waals surface area (Å²) < 4.78 is 5.51. The standard InChI is InChI=1S/C13H14N2O2S/c1-9(2)17-11-5-3-10(4-6-11)12(16)15-13-14-7-8-18-13/h3-9H,1-2H3,(H,14,15,16). The van der Waals surface area contributed by atoms with Gasteiger partial charge >= 0.3 is 0 Å². The third-order valence-corrected chi connectivity index (χ3v) is 2.83. The molecule has 0 fully saturated rings. The van der Waals surface area contributed by atoms with E-state index in [1.807, 2.05) is 19.2 Å². The Kier molecular flexibility index (Phi) is 3.94. The van der Waals surface area contributed by atoms with E-state index in [1.54, 1.807) is 30.5 Å². The van der Waals surface area contributed by atoms with Crippen LogP contribution in [-0.4, -0.2) is 17.0 Å². The summed E-state index contributed by atoms with van der Waals surface area (Å²) in [7, 11) is 0. The molecule has 0 saturated heterocycles. The Balaban J connectivity index is 2.03. The van der Waals surface area contributed by atoms with E-state index in [4.69, 9.17) is 4.74 Å². The van der Waals surface area contributed by atoms with E-state index in [1.165, 1.54) is 11.3 Å². The summed E-state index contributed by atoms with van der Waals surface area (Å²) >= 11 is 1.39. The molecule has 0 saturated carbocycles. The van der Waals surface area contributed by atoms with Crippen molar-refractivity contribution in [2.75, 3.05) is 5.32 Å². The molecular formula is C13H14N2O2S. The number of nitrogens with zero attached hydrogens (tertiary/aromatic N) is 1. The lowest BCUT2D eigenvalue weighted by atomic mass is 10.2. The van der Waals surface area contributed by atoms with Crippen molar-refractivity contribution < 1.29 is 9.53 Å². The molecule has 0 unspecified atom stereocenters. The van der Waals surface area contributed by atoms with Crippen LogP contribution in [0.15, 0.2) is 35.8 Å². The molecule has 0 bridgehead atoms. The molecule has 2 aromatic rings. The maximum absolute atomic E-state index is 11.9. The summed E-state index contributed by atoms with van der Waals surface area (Å²) in [5.41, 5.74) is 0.585. The van der Waals surface area contributed by atoms with Gasteiger partial charge in [-0.15, -0.1) is 11.3 Å². The number of amides is 1. The Labute approximate surface area is 110 Å². The number of nitrogens with one attached hydrogen (secondary N) is 1. The molecule has 1 heterocycles. The maximum Gasteiger partial charge on any atom is 0.257 e. The Morgan fingerprint density at radius 3 is 2.61 bits per heavy atom. The number of hydrogen-bond acceptors (Lipinski definition) is 4. The second-order valence-corrected chi connectivity index (χ2v) is 4.88. The van der Waals surface area contributed by atoms with Crippen LogP contribution in [0.2, 0.25) is 0 Å². The van der Waals surface area contributed by atoms with Crippen LogP contribution in [-0.2, 0) is 0 Å². The third kappa shape index (κ3) is 3.30. The van der Waals surface area contributed by atoms with E-state index in [0.717, 1.165) is 5.75 Å². The van der Waals surface area contributed by atoms with Gasteiger partial charge in [0.25, 0.3) is 5.91 Å². The van der Waals surface area contributed by atoms with E-state index in [2.05, 4.69) is 10.3 Å². The quantitative estimate of drug-likeness (QED) is 0.920. The molecule has 1 N–H and O–H groups in total. The van der Waals surface area contributed by atoms with Crippen molar-refractivity contribution in [2.45, 2.75) is 20.0 Å². The molecule has 1 aromatic carbocycles. The highest BCUT2D eigenvalue weighted by atomic mass is 32.1. The molecule has 0 spiro atoms. The van der Waals surface area contributed by atoms with Crippen molar-refractivity contribution in [1.29, 1.82) is 0 Å². The number of carbonyl (C=O) groups is 1. The second kappa shape index (κ2) is 5.64. The molecule has 4 nitrogen and oxygen atoms in total. The number of anilines is 1. The minimum Gasteiger partial charge on any atom is -0.491 e. The van der Waals surface area contributed by atoms with Crippen molar-refractivity contribution in [3.05, 3.63) is 41.4 Å². The summed E-state index contributed by atoms with van der Waals surface area (Å²) in [4.78, 5) is 15.9. The smallest absolute Gasteiger partial charge is 0.257 e. The molecule has 1 amide bonds. The Hall–Kier alpha value is -1.88. The fourth-order valence-corrected chi connectivity index (χ4v) is 1.94. The lowest BCUT2D eigenvalue weighted by Crippen LogP contribution is -2.11. The van der Waals surface area contributed by atoms with Gasteiger partial charge in [-0.2, -0.15) is 0 Å². The first-order valence-corrected chi connectivity index (χ1v) is 6.50. The van der Waals surface area contributed by atoms with Crippen LogP contribution in [0.5, 0.6) is 5.75 Å². The van der Waals surface area contributed by atoms with Crippen LogP contribution in [0, 0.1) is 0 Å². The van der Waals surface area contributed by atoms with Crippen LogP contribution in [0.3, 0.4) is 0 Å². The number of aromatic nitrogens is 1. The largest absolute Gasteiger partial charge is 0.491 e. The zero-order valence-corrected chi connectivity index (χ0v) is 11.0. The molecule has 0 radical (unpaired) electrons. The topological polar surface area (TPSA) is 51.2 Å². The minimum atomic E-state index is -0.166. The van der Waals surface area contributed by atoms with Gasteiger partial charge in [-0.05, 0) is 38.1 Å². The first kappa shape index (κ1) is 12.6. The molecule has 94 valence electrons. The molecule has 0 aliphatic carbocycles. The average Bonchev–Trinajstić information content (AvgIpc) is 2.82. The predicted molar refractivity (Wildman–Crippen MR) is 72.3 cm³/mol. The SMILES string of the molecule is CC(C)Oc1ccc(C(=O)Nc2nccs2)cc1. The zero-order valence-electron chi connectivity index (χ0n) is 10.2. The summed E-state index contributed by atoms with van der Waals surface area (Å²) in [5.74, 6) is 0.594. The average molecular weight is 262 g/mol. The molecule has 1 aromatic heterocycles. The fourth-order valence-electron chi connectivity index (χ4n) is 1.41. The lowest BCUT2D eigenvalue weighted by Gasteiger charge is -2.09. The Morgan fingerprint density at radius 2 is 2.06 bits per heavy atom. The number of carbonyl (C=O) groups excluding carboxylic acids is 1. The molecular weight excluding hydrogens is 248 g/mol. The van der Waals surface area contributed by atoms with Gasteiger partial charge in [-0.25, -0.2) is 4.98 Å². The maximum atomic E-state index is 11.9. The Bertz CT molecular complexity index is 506. The number of hydrogen-bond donors (Lipinski definition) is 1. The lowest BCUT2D eigenvalue weighted by molar-refractivity contribution is 0.102.